The molecule has 2 aromatic heterocycles. The Balaban J connectivity index is 2.01. The van der Waals surface area contributed by atoms with Gasteiger partial charge in [-0.2, -0.15) is 5.26 Å². The number of benzene rings is 1. The van der Waals surface area contributed by atoms with E-state index in [0.29, 0.717) is 28.7 Å². The molecule has 26 heavy (non-hydrogen) atoms. The van der Waals surface area contributed by atoms with Crippen molar-refractivity contribution in [3.63, 3.8) is 0 Å². The van der Waals surface area contributed by atoms with Crippen molar-refractivity contribution in [3.05, 3.63) is 59.3 Å². The molecular formula is C19H16N4O3. The molecule has 0 saturated heterocycles. The zero-order valence-corrected chi connectivity index (χ0v) is 14.6. The fourth-order valence-electron chi connectivity index (χ4n) is 2.58. The van der Waals surface area contributed by atoms with Crippen LogP contribution in [0.25, 0.3) is 23.0 Å². The van der Waals surface area contributed by atoms with Crippen LogP contribution in [-0.2, 0) is 11.8 Å². The first-order valence-electron chi connectivity index (χ1n) is 7.81. The van der Waals surface area contributed by atoms with E-state index in [9.17, 15) is 10.1 Å². The number of aromatic nitrogens is 3. The fourth-order valence-corrected chi connectivity index (χ4v) is 2.58. The average molecular weight is 348 g/mol. The highest BCUT2D eigenvalue weighted by Crippen LogP contribution is 2.24. The molecule has 0 radical (unpaired) electrons. The first kappa shape index (κ1) is 17.2. The Hall–Kier alpha value is -3.66. The third-order valence-electron chi connectivity index (χ3n) is 3.90. The Kier molecular flexibility index (Phi) is 4.67. The van der Waals surface area contributed by atoms with Gasteiger partial charge in [-0.3, -0.25) is 0 Å². The molecule has 130 valence electrons. The molecule has 0 saturated carbocycles. The number of aryl methyl sites for hydroxylation is 1. The first-order valence-corrected chi connectivity index (χ1v) is 7.81. The van der Waals surface area contributed by atoms with Crippen LogP contribution in [0.2, 0.25) is 0 Å². The number of allylic oxidation sites excluding steroid dienone is 1. The van der Waals surface area contributed by atoms with Crippen molar-refractivity contribution >= 4 is 17.6 Å². The third kappa shape index (κ3) is 3.13. The van der Waals surface area contributed by atoms with Crippen LogP contribution < -0.4 is 0 Å². The zero-order valence-electron chi connectivity index (χ0n) is 14.6. The summed E-state index contributed by atoms with van der Waals surface area (Å²) in [5.41, 5.74) is 1.49. The van der Waals surface area contributed by atoms with Crippen LogP contribution in [0.3, 0.4) is 0 Å². The van der Waals surface area contributed by atoms with Crippen LogP contribution in [0.4, 0.5) is 0 Å². The number of rotatable bonds is 4. The van der Waals surface area contributed by atoms with Crippen LogP contribution >= 0.6 is 0 Å². The molecule has 3 rings (SSSR count). The molecule has 0 bridgehead atoms. The second-order valence-electron chi connectivity index (χ2n) is 5.55. The van der Waals surface area contributed by atoms with Gasteiger partial charge in [0.15, 0.2) is 11.6 Å². The Morgan fingerprint density at radius 3 is 2.69 bits per heavy atom. The smallest absolute Gasteiger partial charge is 0.341 e. The van der Waals surface area contributed by atoms with Gasteiger partial charge in [0.2, 0.25) is 0 Å². The van der Waals surface area contributed by atoms with Crippen LogP contribution in [-0.4, -0.2) is 27.8 Å². The number of hydrogen-bond donors (Lipinski definition) is 0. The molecule has 7 nitrogen and oxygen atoms in total. The molecule has 3 aromatic rings. The minimum absolute atomic E-state index is 0.271. The maximum Gasteiger partial charge on any atom is 0.341 e. The van der Waals surface area contributed by atoms with Gasteiger partial charge in [0, 0.05) is 18.7 Å². The Bertz CT molecular complexity index is 1020. The lowest BCUT2D eigenvalue weighted by molar-refractivity contribution is 0.0599. The van der Waals surface area contributed by atoms with Gasteiger partial charge in [0.1, 0.15) is 28.7 Å². The van der Waals surface area contributed by atoms with Crippen molar-refractivity contribution in [1.82, 2.24) is 14.8 Å². The molecule has 0 fully saturated rings. The second kappa shape index (κ2) is 7.07. The normalized spacial score (nSPS) is 11.2. The number of furan rings is 1. The number of carbonyl (C=O) groups excluding carboxylic acids is 1. The van der Waals surface area contributed by atoms with Crippen molar-refractivity contribution < 1.29 is 13.9 Å². The summed E-state index contributed by atoms with van der Waals surface area (Å²) in [7, 11) is 3.09. The van der Waals surface area contributed by atoms with E-state index in [4.69, 9.17) is 9.15 Å². The predicted molar refractivity (Wildman–Crippen MR) is 94.7 cm³/mol. The highest BCUT2D eigenvalue weighted by Gasteiger charge is 2.18. The molecule has 0 atom stereocenters. The number of methoxy groups -OCH3 is 1. The van der Waals surface area contributed by atoms with E-state index in [-0.39, 0.29) is 5.57 Å². The minimum Gasteiger partial charge on any atom is -0.465 e. The quantitative estimate of drug-likeness (QED) is 0.531. The van der Waals surface area contributed by atoms with Crippen molar-refractivity contribution in [2.45, 2.75) is 6.92 Å². The summed E-state index contributed by atoms with van der Waals surface area (Å²) in [6, 6.07) is 13.2. The summed E-state index contributed by atoms with van der Waals surface area (Å²) in [6.45, 7) is 1.66. The van der Waals surface area contributed by atoms with Gasteiger partial charge in [-0.1, -0.05) is 30.3 Å². The Morgan fingerprint density at radius 1 is 1.31 bits per heavy atom. The standard InChI is InChI=1S/C19H16N4O3/c1-12-16(19(24)25-3)10-15(26-12)9-14(11-20)18-22-21-17(23(18)2)13-7-5-4-6-8-13/h4-10H,1-3H3/b14-9+. The van der Waals surface area contributed by atoms with Crippen LogP contribution in [0, 0.1) is 18.3 Å². The Labute approximate surface area is 150 Å². The molecular weight excluding hydrogens is 332 g/mol. The molecule has 0 spiro atoms. The third-order valence-corrected chi connectivity index (χ3v) is 3.90. The van der Waals surface area contributed by atoms with E-state index in [0.717, 1.165) is 5.56 Å². The average Bonchev–Trinajstić information content (AvgIpc) is 3.22. The number of carbonyl (C=O) groups is 1. The summed E-state index contributed by atoms with van der Waals surface area (Å²) in [6.07, 6.45) is 1.53. The van der Waals surface area contributed by atoms with E-state index < -0.39 is 5.97 Å². The molecule has 0 aliphatic heterocycles. The molecule has 0 N–H and O–H groups in total. The van der Waals surface area contributed by atoms with E-state index in [1.54, 1.807) is 18.5 Å². The van der Waals surface area contributed by atoms with Gasteiger partial charge >= 0.3 is 5.97 Å². The molecule has 0 unspecified atom stereocenters. The SMILES string of the molecule is COC(=O)c1cc(/C=C(\C#N)c2nnc(-c3ccccc3)n2C)oc1C. The lowest BCUT2D eigenvalue weighted by Crippen LogP contribution is -2.00. The van der Waals surface area contributed by atoms with E-state index >= 15 is 0 Å². The second-order valence-corrected chi connectivity index (χ2v) is 5.55. The summed E-state index contributed by atoms with van der Waals surface area (Å²) < 4.78 is 12.0. The summed E-state index contributed by atoms with van der Waals surface area (Å²) >= 11 is 0. The maximum absolute atomic E-state index is 11.7. The highest BCUT2D eigenvalue weighted by molar-refractivity contribution is 5.92. The molecule has 1 aromatic carbocycles. The van der Waals surface area contributed by atoms with Gasteiger partial charge in [-0.25, -0.2) is 4.79 Å². The zero-order chi connectivity index (χ0) is 18.7. The summed E-state index contributed by atoms with van der Waals surface area (Å²) in [5.74, 6) is 1.34. The van der Waals surface area contributed by atoms with Gasteiger partial charge in [-0.15, -0.1) is 10.2 Å². The molecule has 0 aliphatic carbocycles. The first-order chi connectivity index (χ1) is 12.5. The van der Waals surface area contributed by atoms with Gasteiger partial charge in [0.05, 0.1) is 7.11 Å². The van der Waals surface area contributed by atoms with Gasteiger partial charge in [-0.05, 0) is 13.0 Å². The van der Waals surface area contributed by atoms with E-state index in [1.165, 1.54) is 19.3 Å². The minimum atomic E-state index is -0.491. The fraction of sp³-hybridized carbons (Fsp3) is 0.158. The van der Waals surface area contributed by atoms with E-state index in [2.05, 4.69) is 16.3 Å². The largest absolute Gasteiger partial charge is 0.465 e. The van der Waals surface area contributed by atoms with Crippen LogP contribution in [0.1, 0.15) is 27.7 Å². The number of esters is 1. The lowest BCUT2D eigenvalue weighted by Gasteiger charge is -2.02. The van der Waals surface area contributed by atoms with Crippen molar-refractivity contribution in [1.29, 1.82) is 5.26 Å². The summed E-state index contributed by atoms with van der Waals surface area (Å²) in [4.78, 5) is 11.7. The Morgan fingerprint density at radius 2 is 2.04 bits per heavy atom. The molecule has 0 aliphatic rings. The number of hydrogen-bond acceptors (Lipinski definition) is 6. The van der Waals surface area contributed by atoms with Crippen molar-refractivity contribution in [2.24, 2.45) is 7.05 Å². The lowest BCUT2D eigenvalue weighted by atomic mass is 10.2. The van der Waals surface area contributed by atoms with Crippen LogP contribution in [0.5, 0.6) is 0 Å². The predicted octanol–water partition coefficient (Wildman–Crippen LogP) is 3.23. The van der Waals surface area contributed by atoms with Gasteiger partial charge in [0.25, 0.3) is 0 Å². The van der Waals surface area contributed by atoms with E-state index in [1.807, 2.05) is 30.3 Å². The number of nitrogens with zero attached hydrogens (tertiary/aromatic N) is 4. The van der Waals surface area contributed by atoms with Crippen molar-refractivity contribution in [2.75, 3.05) is 7.11 Å². The molecule has 0 amide bonds. The number of ether oxygens (including phenoxy) is 1. The highest BCUT2D eigenvalue weighted by atomic mass is 16.5. The topological polar surface area (TPSA) is 93.9 Å². The van der Waals surface area contributed by atoms with Crippen LogP contribution in [0.15, 0.2) is 40.8 Å². The summed E-state index contributed by atoms with van der Waals surface area (Å²) in [5, 5.41) is 17.8. The molecule has 2 heterocycles. The van der Waals surface area contributed by atoms with Gasteiger partial charge < -0.3 is 13.7 Å². The number of nitriles is 1. The molecule has 7 heteroatoms. The monoisotopic (exact) mass is 348 g/mol. The maximum atomic E-state index is 11.7. The van der Waals surface area contributed by atoms with Crippen molar-refractivity contribution in [3.8, 4) is 17.5 Å².